The molecule has 0 bridgehead atoms. The second kappa shape index (κ2) is 10.7. The fourth-order valence-electron chi connectivity index (χ4n) is 4.63. The molecular weight excluding hydrogens is 468 g/mol. The number of aromatic nitrogens is 1. The first kappa shape index (κ1) is 23.7. The van der Waals surface area contributed by atoms with Crippen molar-refractivity contribution in [3.63, 3.8) is 0 Å². The van der Waals surface area contributed by atoms with Crippen LogP contribution in [0.5, 0.6) is 23.3 Å². The number of hydrogen-bond donors (Lipinski definition) is 1. The number of methoxy groups -OCH3 is 2. The van der Waals surface area contributed by atoms with E-state index in [4.69, 9.17) is 35.3 Å². The predicted octanol–water partition coefficient (Wildman–Crippen LogP) is 4.98. The highest BCUT2D eigenvalue weighted by Crippen LogP contribution is 2.43. The molecule has 0 amide bonds. The van der Waals surface area contributed by atoms with Crippen LogP contribution in [-0.2, 0) is 17.7 Å². The minimum atomic E-state index is -0.137. The number of nitrogens with one attached hydrogen (secondary N) is 1. The Morgan fingerprint density at radius 3 is 2.74 bits per heavy atom. The van der Waals surface area contributed by atoms with E-state index in [1.165, 1.54) is 11.1 Å². The normalized spacial score (nSPS) is 16.1. The van der Waals surface area contributed by atoms with Gasteiger partial charge in [0.1, 0.15) is 24.3 Å². The van der Waals surface area contributed by atoms with Crippen LogP contribution in [0.2, 0.25) is 5.02 Å². The van der Waals surface area contributed by atoms with E-state index < -0.39 is 0 Å². The molecule has 8 heteroatoms. The van der Waals surface area contributed by atoms with Gasteiger partial charge in [0.25, 0.3) is 0 Å². The maximum Gasteiger partial charge on any atom is 0.236 e. The lowest BCUT2D eigenvalue weighted by molar-refractivity contribution is 0.171. The summed E-state index contributed by atoms with van der Waals surface area (Å²) in [6.07, 6.45) is 1.61. The van der Waals surface area contributed by atoms with Crippen LogP contribution in [0.25, 0.3) is 11.1 Å². The Kier molecular flexibility index (Phi) is 7.27. The standard InChI is InChI=1S/C27H29ClN2O5/c1-31-11-10-29-16-18-14-22(28)27(30-26(18)32-2)35-23-9-7-20-19(4-3-5-21(20)23)17-6-8-24-25(15-17)34-13-12-33-24/h3-6,8,14-15,23,29H,7,9-13,16H2,1-2H3/t23-/m0/s1. The van der Waals surface area contributed by atoms with Gasteiger partial charge < -0.3 is 29.0 Å². The van der Waals surface area contributed by atoms with Crippen molar-refractivity contribution in [3.05, 3.63) is 64.2 Å². The van der Waals surface area contributed by atoms with Gasteiger partial charge in [-0.25, -0.2) is 0 Å². The minimum Gasteiger partial charge on any atom is -0.486 e. The van der Waals surface area contributed by atoms with Crippen molar-refractivity contribution in [3.8, 4) is 34.4 Å². The van der Waals surface area contributed by atoms with Gasteiger partial charge in [-0.3, -0.25) is 0 Å². The molecule has 5 rings (SSSR count). The largest absolute Gasteiger partial charge is 0.486 e. The summed E-state index contributed by atoms with van der Waals surface area (Å²) in [6.45, 7) is 3.07. The van der Waals surface area contributed by atoms with Crippen LogP contribution < -0.4 is 24.3 Å². The zero-order valence-corrected chi connectivity index (χ0v) is 20.7. The zero-order valence-electron chi connectivity index (χ0n) is 19.9. The molecule has 0 saturated carbocycles. The fraction of sp³-hybridized carbons (Fsp3) is 0.370. The van der Waals surface area contributed by atoms with Gasteiger partial charge in [-0.05, 0) is 53.3 Å². The second-order valence-corrected chi connectivity index (χ2v) is 8.90. The third kappa shape index (κ3) is 5.03. The fourth-order valence-corrected chi connectivity index (χ4v) is 4.85. The van der Waals surface area contributed by atoms with Gasteiger partial charge in [-0.1, -0.05) is 35.9 Å². The molecular formula is C27H29ClN2O5. The molecule has 1 aliphatic carbocycles. The molecule has 184 valence electrons. The predicted molar refractivity (Wildman–Crippen MR) is 134 cm³/mol. The smallest absolute Gasteiger partial charge is 0.236 e. The molecule has 1 aliphatic heterocycles. The van der Waals surface area contributed by atoms with Crippen molar-refractivity contribution < 1.29 is 23.7 Å². The van der Waals surface area contributed by atoms with Crippen LogP contribution in [0, 0.1) is 0 Å². The first-order valence-corrected chi connectivity index (χ1v) is 12.2. The summed E-state index contributed by atoms with van der Waals surface area (Å²) in [5.74, 6) is 2.46. The van der Waals surface area contributed by atoms with Crippen LogP contribution in [0.15, 0.2) is 42.5 Å². The number of ether oxygens (including phenoxy) is 5. The molecule has 0 saturated heterocycles. The van der Waals surface area contributed by atoms with Crippen molar-refractivity contribution in [1.29, 1.82) is 0 Å². The van der Waals surface area contributed by atoms with Crippen LogP contribution in [-0.4, -0.2) is 45.6 Å². The van der Waals surface area contributed by atoms with Gasteiger partial charge in [0, 0.05) is 25.8 Å². The number of halogens is 1. The molecule has 2 heterocycles. The van der Waals surface area contributed by atoms with Crippen LogP contribution >= 0.6 is 11.6 Å². The molecule has 1 N–H and O–H groups in total. The van der Waals surface area contributed by atoms with E-state index >= 15 is 0 Å². The quantitative estimate of drug-likeness (QED) is 0.419. The van der Waals surface area contributed by atoms with Crippen molar-refractivity contribution >= 4 is 11.6 Å². The molecule has 3 aromatic rings. The van der Waals surface area contributed by atoms with Crippen molar-refractivity contribution in [2.75, 3.05) is 40.6 Å². The first-order chi connectivity index (χ1) is 17.2. The summed E-state index contributed by atoms with van der Waals surface area (Å²) in [6, 6.07) is 14.3. The Morgan fingerprint density at radius 2 is 1.91 bits per heavy atom. The molecule has 0 fully saturated rings. The maximum atomic E-state index is 6.58. The van der Waals surface area contributed by atoms with Crippen LogP contribution in [0.3, 0.4) is 0 Å². The van der Waals surface area contributed by atoms with Crippen LogP contribution in [0.1, 0.15) is 29.2 Å². The summed E-state index contributed by atoms with van der Waals surface area (Å²) in [7, 11) is 3.27. The van der Waals surface area contributed by atoms with E-state index in [0.717, 1.165) is 47.6 Å². The SMILES string of the molecule is COCCNCc1cc(Cl)c(O[C@H]2CCc3c(-c4ccc5c(c4)OCCO5)cccc32)nc1OC. The Bertz CT molecular complexity index is 1200. The van der Waals surface area contributed by atoms with Gasteiger partial charge in [-0.2, -0.15) is 4.98 Å². The molecule has 1 aromatic heterocycles. The number of pyridine rings is 1. The second-order valence-electron chi connectivity index (χ2n) is 8.49. The summed E-state index contributed by atoms with van der Waals surface area (Å²) < 4.78 is 28.4. The average molecular weight is 497 g/mol. The monoisotopic (exact) mass is 496 g/mol. The van der Waals surface area contributed by atoms with E-state index in [0.29, 0.717) is 43.1 Å². The molecule has 35 heavy (non-hydrogen) atoms. The Labute approximate surface area is 210 Å². The highest BCUT2D eigenvalue weighted by atomic mass is 35.5. The van der Waals surface area contributed by atoms with Gasteiger partial charge in [0.15, 0.2) is 11.5 Å². The van der Waals surface area contributed by atoms with Gasteiger partial charge in [0.2, 0.25) is 11.8 Å². The van der Waals surface area contributed by atoms with Crippen molar-refractivity contribution in [2.24, 2.45) is 0 Å². The van der Waals surface area contributed by atoms with E-state index in [1.54, 1.807) is 14.2 Å². The minimum absolute atomic E-state index is 0.137. The topological polar surface area (TPSA) is 71.1 Å². The molecule has 0 spiro atoms. The third-order valence-electron chi connectivity index (χ3n) is 6.30. The molecule has 1 atom stereocenters. The van der Waals surface area contributed by atoms with E-state index in [2.05, 4.69) is 40.6 Å². The van der Waals surface area contributed by atoms with E-state index in [1.807, 2.05) is 12.1 Å². The lowest BCUT2D eigenvalue weighted by atomic mass is 9.96. The van der Waals surface area contributed by atoms with Gasteiger partial charge >= 0.3 is 0 Å². The molecule has 0 radical (unpaired) electrons. The Hall–Kier alpha value is -3.00. The lowest BCUT2D eigenvalue weighted by Gasteiger charge is -2.20. The summed E-state index contributed by atoms with van der Waals surface area (Å²) >= 11 is 6.58. The number of benzene rings is 2. The molecule has 2 aromatic carbocycles. The molecule has 0 unspecified atom stereocenters. The maximum absolute atomic E-state index is 6.58. The number of nitrogens with zero attached hydrogens (tertiary/aromatic N) is 1. The molecule has 2 aliphatic rings. The highest BCUT2D eigenvalue weighted by Gasteiger charge is 2.28. The number of rotatable bonds is 9. The third-order valence-corrected chi connectivity index (χ3v) is 6.57. The molecule has 7 nitrogen and oxygen atoms in total. The van der Waals surface area contributed by atoms with Gasteiger partial charge in [-0.15, -0.1) is 0 Å². The average Bonchev–Trinajstić information content (AvgIpc) is 3.30. The van der Waals surface area contributed by atoms with Crippen LogP contribution in [0.4, 0.5) is 0 Å². The lowest BCUT2D eigenvalue weighted by Crippen LogP contribution is -2.19. The Balaban J connectivity index is 1.37. The van der Waals surface area contributed by atoms with E-state index in [9.17, 15) is 0 Å². The van der Waals surface area contributed by atoms with Gasteiger partial charge in [0.05, 0.1) is 13.7 Å². The summed E-state index contributed by atoms with van der Waals surface area (Å²) in [4.78, 5) is 4.58. The highest BCUT2D eigenvalue weighted by molar-refractivity contribution is 6.31. The number of fused-ring (bicyclic) bond motifs is 2. The zero-order chi connectivity index (χ0) is 24.2. The summed E-state index contributed by atoms with van der Waals surface area (Å²) in [5, 5.41) is 3.75. The first-order valence-electron chi connectivity index (χ1n) is 11.8. The Morgan fingerprint density at radius 1 is 1.06 bits per heavy atom. The number of hydrogen-bond acceptors (Lipinski definition) is 7. The van der Waals surface area contributed by atoms with E-state index in [-0.39, 0.29) is 6.10 Å². The van der Waals surface area contributed by atoms with Crippen molar-refractivity contribution in [1.82, 2.24) is 10.3 Å². The van der Waals surface area contributed by atoms with Crippen molar-refractivity contribution in [2.45, 2.75) is 25.5 Å². The summed E-state index contributed by atoms with van der Waals surface area (Å²) in [5.41, 5.74) is 5.58.